The van der Waals surface area contributed by atoms with E-state index in [2.05, 4.69) is 24.6 Å². The molecule has 3 N–H and O–H groups in total. The molecule has 0 bridgehead atoms. The smallest absolute Gasteiger partial charge is 0.243 e. The molecular weight excluding hydrogens is 436 g/mol. The second-order valence-electron chi connectivity index (χ2n) is 8.45. The van der Waals surface area contributed by atoms with E-state index in [-0.39, 0.29) is 5.91 Å². The van der Waals surface area contributed by atoms with Gasteiger partial charge in [0.1, 0.15) is 0 Å². The van der Waals surface area contributed by atoms with Crippen molar-refractivity contribution < 1.29 is 14.7 Å². The molecule has 11 heteroatoms. The standard InChI is InChI=1S/C23H28N8O3/c32-19(29-33)5-3-1-2-4-8-31-15-24-20-22(30-9-11-34-12-10-30)26-21(27-23(20)31)16-6-7-17-14-25-28-18(17)13-16/h6-7,13-15,33H,1-5,8-12H2,(H,25,28)(H,29,32). The van der Waals surface area contributed by atoms with Gasteiger partial charge in [0, 0.05) is 37.0 Å². The zero-order chi connectivity index (χ0) is 23.3. The highest BCUT2D eigenvalue weighted by molar-refractivity contribution is 5.87. The number of nitrogens with zero attached hydrogens (tertiary/aromatic N) is 6. The average Bonchev–Trinajstić information content (AvgIpc) is 3.52. The monoisotopic (exact) mass is 464 g/mol. The van der Waals surface area contributed by atoms with Crippen LogP contribution in [0.5, 0.6) is 0 Å². The number of carbonyl (C=O) groups excluding carboxylic acids is 1. The van der Waals surface area contributed by atoms with E-state index in [1.54, 1.807) is 11.7 Å². The van der Waals surface area contributed by atoms with Gasteiger partial charge in [-0.05, 0) is 18.9 Å². The molecule has 4 heterocycles. The molecule has 0 aliphatic carbocycles. The van der Waals surface area contributed by atoms with Gasteiger partial charge in [0.05, 0.1) is 31.3 Å². The number of benzene rings is 1. The second kappa shape index (κ2) is 10.1. The molecule has 178 valence electrons. The van der Waals surface area contributed by atoms with Crippen molar-refractivity contribution in [1.29, 1.82) is 0 Å². The fourth-order valence-corrected chi connectivity index (χ4v) is 4.27. The summed E-state index contributed by atoms with van der Waals surface area (Å²) in [4.78, 5) is 27.9. The minimum Gasteiger partial charge on any atom is -0.378 e. The van der Waals surface area contributed by atoms with E-state index in [9.17, 15) is 4.79 Å². The Labute approximate surface area is 196 Å². The van der Waals surface area contributed by atoms with Crippen molar-refractivity contribution >= 4 is 33.8 Å². The Bertz CT molecular complexity index is 1280. The summed E-state index contributed by atoms with van der Waals surface area (Å²) in [6.07, 6.45) is 7.56. The molecule has 3 aromatic heterocycles. The number of hydrogen-bond acceptors (Lipinski definition) is 8. The molecule has 0 unspecified atom stereocenters. The Balaban J connectivity index is 1.41. The van der Waals surface area contributed by atoms with Gasteiger partial charge < -0.3 is 14.2 Å². The Morgan fingerprint density at radius 1 is 1.15 bits per heavy atom. The lowest BCUT2D eigenvalue weighted by molar-refractivity contribution is -0.129. The van der Waals surface area contributed by atoms with Crippen LogP contribution in [0.3, 0.4) is 0 Å². The largest absolute Gasteiger partial charge is 0.378 e. The van der Waals surface area contributed by atoms with Crippen LogP contribution in [0.25, 0.3) is 33.5 Å². The van der Waals surface area contributed by atoms with Crippen molar-refractivity contribution in [2.24, 2.45) is 0 Å². The van der Waals surface area contributed by atoms with Gasteiger partial charge in [0.25, 0.3) is 0 Å². The summed E-state index contributed by atoms with van der Waals surface area (Å²) in [5.74, 6) is 1.15. The number of carbonyl (C=O) groups is 1. The van der Waals surface area contributed by atoms with Crippen LogP contribution in [-0.4, -0.2) is 67.1 Å². The third kappa shape index (κ3) is 4.70. The third-order valence-electron chi connectivity index (χ3n) is 6.13. The van der Waals surface area contributed by atoms with Crippen molar-refractivity contribution in [3.8, 4) is 11.4 Å². The first-order valence-corrected chi connectivity index (χ1v) is 11.6. The van der Waals surface area contributed by atoms with Crippen molar-refractivity contribution in [3.05, 3.63) is 30.7 Å². The van der Waals surface area contributed by atoms with Crippen LogP contribution in [0.4, 0.5) is 5.82 Å². The van der Waals surface area contributed by atoms with Crippen molar-refractivity contribution in [2.45, 2.75) is 38.6 Å². The van der Waals surface area contributed by atoms with Gasteiger partial charge >= 0.3 is 0 Å². The van der Waals surface area contributed by atoms with Crippen LogP contribution in [0.2, 0.25) is 0 Å². The third-order valence-corrected chi connectivity index (χ3v) is 6.13. The number of nitrogens with one attached hydrogen (secondary N) is 2. The van der Waals surface area contributed by atoms with E-state index in [0.717, 1.165) is 78.8 Å². The number of morpholine rings is 1. The first-order chi connectivity index (χ1) is 16.7. The fourth-order valence-electron chi connectivity index (χ4n) is 4.27. The number of ether oxygens (including phenoxy) is 1. The lowest BCUT2D eigenvalue weighted by atomic mass is 10.1. The van der Waals surface area contributed by atoms with Crippen LogP contribution >= 0.6 is 0 Å². The predicted octanol–water partition coefficient (Wildman–Crippen LogP) is 2.66. The van der Waals surface area contributed by atoms with E-state index < -0.39 is 0 Å². The van der Waals surface area contributed by atoms with Crippen LogP contribution < -0.4 is 10.4 Å². The molecule has 0 atom stereocenters. The number of hydrogen-bond donors (Lipinski definition) is 3. The number of aromatic nitrogens is 6. The molecule has 1 aliphatic rings. The molecule has 1 fully saturated rings. The van der Waals surface area contributed by atoms with Gasteiger partial charge in [-0.1, -0.05) is 25.0 Å². The molecular formula is C23H28N8O3. The van der Waals surface area contributed by atoms with Crippen molar-refractivity contribution in [1.82, 2.24) is 35.2 Å². The highest BCUT2D eigenvalue weighted by Crippen LogP contribution is 2.29. The number of H-pyrrole nitrogens is 1. The van der Waals surface area contributed by atoms with E-state index >= 15 is 0 Å². The summed E-state index contributed by atoms with van der Waals surface area (Å²) in [7, 11) is 0. The molecule has 1 aromatic carbocycles. The van der Waals surface area contributed by atoms with E-state index in [1.165, 1.54) is 0 Å². The maximum Gasteiger partial charge on any atom is 0.243 e. The molecule has 1 amide bonds. The lowest BCUT2D eigenvalue weighted by Crippen LogP contribution is -2.37. The summed E-state index contributed by atoms with van der Waals surface area (Å²) in [6.45, 7) is 3.63. The number of imidazole rings is 1. The molecule has 0 saturated carbocycles. The second-order valence-corrected chi connectivity index (χ2v) is 8.45. The Hall–Kier alpha value is -3.57. The number of amides is 1. The molecule has 4 aromatic rings. The quantitative estimate of drug-likeness (QED) is 0.196. The van der Waals surface area contributed by atoms with Crippen molar-refractivity contribution in [3.63, 3.8) is 0 Å². The number of anilines is 1. The minimum absolute atomic E-state index is 0.338. The Morgan fingerprint density at radius 3 is 2.85 bits per heavy atom. The summed E-state index contributed by atoms with van der Waals surface area (Å²) >= 11 is 0. The predicted molar refractivity (Wildman–Crippen MR) is 126 cm³/mol. The van der Waals surface area contributed by atoms with Gasteiger partial charge in [-0.3, -0.25) is 15.1 Å². The van der Waals surface area contributed by atoms with E-state index in [4.69, 9.17) is 19.9 Å². The molecule has 1 aliphatic heterocycles. The van der Waals surface area contributed by atoms with E-state index in [0.29, 0.717) is 25.5 Å². The van der Waals surface area contributed by atoms with Crippen LogP contribution in [0.15, 0.2) is 30.7 Å². The van der Waals surface area contributed by atoms with Gasteiger partial charge in [0.2, 0.25) is 5.91 Å². The first kappa shape index (κ1) is 22.2. The zero-order valence-electron chi connectivity index (χ0n) is 18.9. The van der Waals surface area contributed by atoms with Gasteiger partial charge in [-0.2, -0.15) is 5.10 Å². The molecule has 0 radical (unpaired) electrons. The molecule has 34 heavy (non-hydrogen) atoms. The van der Waals surface area contributed by atoms with Crippen LogP contribution in [-0.2, 0) is 16.1 Å². The number of rotatable bonds is 9. The van der Waals surface area contributed by atoms with Crippen molar-refractivity contribution in [2.75, 3.05) is 31.2 Å². The average molecular weight is 465 g/mol. The summed E-state index contributed by atoms with van der Waals surface area (Å²) in [5.41, 5.74) is 5.15. The highest BCUT2D eigenvalue weighted by atomic mass is 16.5. The van der Waals surface area contributed by atoms with Crippen LogP contribution in [0.1, 0.15) is 32.1 Å². The SMILES string of the molecule is O=C(CCCCCCn1cnc2c(N3CCOCC3)nc(-c3ccc4cn[nH]c4c3)nc21)NO. The van der Waals surface area contributed by atoms with Gasteiger partial charge in [-0.25, -0.2) is 20.4 Å². The maximum atomic E-state index is 11.1. The van der Waals surface area contributed by atoms with Gasteiger partial charge in [0.15, 0.2) is 22.8 Å². The van der Waals surface area contributed by atoms with Crippen LogP contribution in [0, 0.1) is 0 Å². The normalized spacial score (nSPS) is 14.2. The summed E-state index contributed by atoms with van der Waals surface area (Å²) in [6, 6.07) is 6.06. The highest BCUT2D eigenvalue weighted by Gasteiger charge is 2.21. The molecule has 0 spiro atoms. The zero-order valence-corrected chi connectivity index (χ0v) is 18.9. The first-order valence-electron chi connectivity index (χ1n) is 11.6. The fraction of sp³-hybridized carbons (Fsp3) is 0.435. The topological polar surface area (TPSA) is 134 Å². The number of unbranched alkanes of at least 4 members (excludes halogenated alkanes) is 3. The minimum atomic E-state index is -0.339. The molecule has 11 nitrogen and oxygen atoms in total. The Morgan fingerprint density at radius 2 is 2.00 bits per heavy atom. The number of aryl methyl sites for hydroxylation is 1. The maximum absolute atomic E-state index is 11.1. The van der Waals surface area contributed by atoms with E-state index in [1.807, 2.05) is 24.5 Å². The Kier molecular flexibility index (Phi) is 6.63. The summed E-state index contributed by atoms with van der Waals surface area (Å²) in [5, 5.41) is 16.8. The van der Waals surface area contributed by atoms with Gasteiger partial charge in [-0.15, -0.1) is 0 Å². The number of aromatic amines is 1. The lowest BCUT2D eigenvalue weighted by Gasteiger charge is -2.28. The number of fused-ring (bicyclic) bond motifs is 2. The number of hydroxylamine groups is 1. The molecule has 5 rings (SSSR count). The molecule has 1 saturated heterocycles. The summed E-state index contributed by atoms with van der Waals surface area (Å²) < 4.78 is 7.62.